The molecule has 0 aliphatic carbocycles. The molecule has 19 heteroatoms. The number of esters is 4. The Hall–Kier alpha value is -6.88. The smallest absolute Gasteiger partial charge is 0.462 e. The molecule has 0 aromatic rings. The van der Waals surface area contributed by atoms with E-state index in [1.807, 2.05) is 30.4 Å². The molecule has 17 nitrogen and oxygen atoms in total. The highest BCUT2D eigenvalue weighted by Gasteiger charge is 2.30. The first-order chi connectivity index (χ1) is 52.7. The van der Waals surface area contributed by atoms with E-state index >= 15 is 0 Å². The Balaban J connectivity index is 5.56. The summed E-state index contributed by atoms with van der Waals surface area (Å²) in [5, 5.41) is 10.6. The van der Waals surface area contributed by atoms with E-state index < -0.39 is 97.5 Å². The molecular weight excluding hydrogens is 1400 g/mol. The third-order valence-corrected chi connectivity index (χ3v) is 17.1. The van der Waals surface area contributed by atoms with Crippen LogP contribution < -0.4 is 0 Å². The fourth-order valence-corrected chi connectivity index (χ4v) is 10.9. The van der Waals surface area contributed by atoms with Crippen LogP contribution in [0.4, 0.5) is 0 Å². The standard InChI is InChI=1S/C89H136O17P2/c1-5-9-13-17-21-25-29-33-37-39-41-43-47-49-53-57-61-65-69-73-86(91)99-79-84(105-88(93)75-71-67-63-59-55-51-45-35-31-27-23-19-15-11-7-3)81-103-107(95,96)101-77-83(90)78-102-108(97,98)104-82-85(106-89(94)76-72-68-64-60-56-52-46-36-32-28-24-20-16-12-8-4)80-100-87(92)74-70-66-62-58-54-50-48-44-42-40-38-34-30-26-22-18-14-10-6-2/h9-16,21-28,33-38,41-46,49,53,55-56,59-61,65,67,71,83-85,90H,5-8,17-20,29-32,39-40,47-48,50-52,54,57-58,62-64,66,68-70,72-82H2,1-4H3,(H,95,96)(H,97,98)/b13-9-,14-10-,15-11-,16-12-,25-21-,26-22-,27-23-,28-24-,37-33-,38-34-,43-41-,44-42-,45-35-,46-36-,53-49-,59-55-,60-56-,65-61-,71-67-. The minimum atomic E-state index is -5.04. The Labute approximate surface area is 651 Å². The van der Waals surface area contributed by atoms with E-state index in [2.05, 4.69) is 216 Å². The van der Waals surface area contributed by atoms with Crippen LogP contribution in [0, 0.1) is 0 Å². The molecule has 0 fully saturated rings. The van der Waals surface area contributed by atoms with Gasteiger partial charge in [0.05, 0.1) is 32.8 Å². The Morgan fingerprint density at radius 2 is 0.509 bits per heavy atom. The van der Waals surface area contributed by atoms with Crippen molar-refractivity contribution in [2.24, 2.45) is 0 Å². The third kappa shape index (κ3) is 77.3. The molecule has 0 bridgehead atoms. The Bertz CT molecular complexity index is 2960. The molecule has 0 aromatic carbocycles. The fraction of sp³-hybridized carbons (Fsp3) is 0.528. The molecule has 0 rings (SSSR count). The van der Waals surface area contributed by atoms with Crippen molar-refractivity contribution < 1.29 is 80.2 Å². The Kier molecular flexibility index (Phi) is 73.3. The van der Waals surface area contributed by atoms with Crippen molar-refractivity contribution in [3.05, 3.63) is 231 Å². The lowest BCUT2D eigenvalue weighted by Crippen LogP contribution is -2.30. The normalized spacial score (nSPS) is 15.1. The molecule has 5 atom stereocenters. The summed E-state index contributed by atoms with van der Waals surface area (Å²) in [6.07, 6.45) is 101. The number of rotatable bonds is 71. The molecule has 5 unspecified atom stereocenters. The first kappa shape index (κ1) is 101. The predicted octanol–water partition coefficient (Wildman–Crippen LogP) is 23.4. The maximum absolute atomic E-state index is 13.1. The van der Waals surface area contributed by atoms with Crippen molar-refractivity contribution >= 4 is 39.5 Å². The molecule has 0 amide bonds. The van der Waals surface area contributed by atoms with E-state index in [-0.39, 0.29) is 25.7 Å². The molecule has 0 radical (unpaired) electrons. The van der Waals surface area contributed by atoms with Gasteiger partial charge in [-0.3, -0.25) is 37.3 Å². The summed E-state index contributed by atoms with van der Waals surface area (Å²) >= 11 is 0. The number of hydrogen-bond acceptors (Lipinski definition) is 15. The first-order valence-electron chi connectivity index (χ1n) is 39.6. The van der Waals surface area contributed by atoms with E-state index in [1.165, 1.54) is 0 Å². The number of phosphoric acid groups is 2. The van der Waals surface area contributed by atoms with Gasteiger partial charge in [-0.05, 0) is 167 Å². The van der Waals surface area contributed by atoms with Crippen molar-refractivity contribution in [2.75, 3.05) is 39.6 Å². The molecule has 108 heavy (non-hydrogen) atoms. The van der Waals surface area contributed by atoms with Crippen LogP contribution in [0.2, 0.25) is 0 Å². The van der Waals surface area contributed by atoms with Gasteiger partial charge in [0.15, 0.2) is 12.2 Å². The molecule has 3 N–H and O–H groups in total. The van der Waals surface area contributed by atoms with Crippen LogP contribution in [-0.2, 0) is 65.4 Å². The van der Waals surface area contributed by atoms with Gasteiger partial charge in [0.1, 0.15) is 19.3 Å². The second-order valence-electron chi connectivity index (χ2n) is 25.1. The van der Waals surface area contributed by atoms with Crippen LogP contribution in [0.15, 0.2) is 231 Å². The number of aliphatic hydroxyl groups excluding tert-OH is 1. The van der Waals surface area contributed by atoms with Crippen LogP contribution in [-0.4, -0.2) is 96.7 Å². The van der Waals surface area contributed by atoms with E-state index in [9.17, 15) is 43.2 Å². The minimum absolute atomic E-state index is 0.00523. The Morgan fingerprint density at radius 3 is 0.852 bits per heavy atom. The summed E-state index contributed by atoms with van der Waals surface area (Å²) in [5.41, 5.74) is 0. The number of carbonyl (C=O) groups is 4. The van der Waals surface area contributed by atoms with E-state index in [0.717, 1.165) is 154 Å². The van der Waals surface area contributed by atoms with Crippen LogP contribution in [0.5, 0.6) is 0 Å². The number of unbranched alkanes of at least 4 members (excludes halogenated alkanes) is 8. The second-order valence-corrected chi connectivity index (χ2v) is 28.0. The fourth-order valence-electron chi connectivity index (χ4n) is 9.30. The van der Waals surface area contributed by atoms with Crippen LogP contribution in [0.3, 0.4) is 0 Å². The summed E-state index contributed by atoms with van der Waals surface area (Å²) in [5.74, 6) is -2.52. The second kappa shape index (κ2) is 78.2. The van der Waals surface area contributed by atoms with E-state index in [1.54, 1.807) is 12.2 Å². The van der Waals surface area contributed by atoms with Gasteiger partial charge in [0.25, 0.3) is 0 Å². The summed E-state index contributed by atoms with van der Waals surface area (Å²) < 4.78 is 68.3. The lowest BCUT2D eigenvalue weighted by Gasteiger charge is -2.21. The van der Waals surface area contributed by atoms with Crippen LogP contribution in [0.25, 0.3) is 0 Å². The topological polar surface area (TPSA) is 237 Å². The summed E-state index contributed by atoms with van der Waals surface area (Å²) in [6.45, 7) is 4.10. The van der Waals surface area contributed by atoms with E-state index in [0.29, 0.717) is 38.5 Å². The minimum Gasteiger partial charge on any atom is -0.462 e. The zero-order valence-corrected chi connectivity index (χ0v) is 67.7. The Morgan fingerprint density at radius 1 is 0.269 bits per heavy atom. The average molecular weight is 1540 g/mol. The van der Waals surface area contributed by atoms with Crippen molar-refractivity contribution in [3.63, 3.8) is 0 Å². The van der Waals surface area contributed by atoms with Gasteiger partial charge in [-0.25, -0.2) is 9.13 Å². The first-order valence-corrected chi connectivity index (χ1v) is 42.6. The maximum atomic E-state index is 13.1. The van der Waals surface area contributed by atoms with Crippen molar-refractivity contribution in [3.8, 4) is 0 Å². The lowest BCUT2D eigenvalue weighted by molar-refractivity contribution is -0.161. The van der Waals surface area contributed by atoms with E-state index in [4.69, 9.17) is 37.0 Å². The molecule has 0 saturated heterocycles. The molecular formula is C89H136O17P2. The quantitative estimate of drug-likeness (QED) is 0.0169. The number of hydrogen-bond donors (Lipinski definition) is 3. The van der Waals surface area contributed by atoms with Gasteiger partial charge >= 0.3 is 39.5 Å². The van der Waals surface area contributed by atoms with Crippen LogP contribution in [0.1, 0.15) is 246 Å². The van der Waals surface area contributed by atoms with Gasteiger partial charge in [-0.15, -0.1) is 0 Å². The molecule has 0 saturated carbocycles. The number of phosphoric ester groups is 2. The number of ether oxygens (including phenoxy) is 4. The summed E-state index contributed by atoms with van der Waals surface area (Å²) in [6, 6.07) is 0. The van der Waals surface area contributed by atoms with Crippen molar-refractivity contribution in [2.45, 2.75) is 264 Å². The van der Waals surface area contributed by atoms with Gasteiger partial charge in [-0.1, -0.05) is 284 Å². The SMILES string of the molecule is CC/C=C\C/C=C\C/C=C\C/C=C\C/C=C\C/C=C\CCC(=O)OCC(COP(=O)(O)OCC(O)COP(=O)(O)OCC(COC(=O)CCCCCCCC/C=C\C/C=C\C/C=C\C/C=C\CC)OC(=O)CCCC/C=C\C/C=C\C/C=C\C/C=C\CC)OC(=O)C/C=C\C/C=C\C/C=C\C/C=C\C/C=C\CC. The summed E-state index contributed by atoms with van der Waals surface area (Å²) in [7, 11) is -10.1. The predicted molar refractivity (Wildman–Crippen MR) is 444 cm³/mol. The molecule has 604 valence electrons. The molecule has 0 aliphatic heterocycles. The highest BCUT2D eigenvalue weighted by molar-refractivity contribution is 7.47. The van der Waals surface area contributed by atoms with Gasteiger partial charge in [-0.2, -0.15) is 0 Å². The zero-order chi connectivity index (χ0) is 78.9. The zero-order valence-electron chi connectivity index (χ0n) is 65.9. The molecule has 0 heterocycles. The van der Waals surface area contributed by atoms with Gasteiger partial charge in [0, 0.05) is 19.3 Å². The monoisotopic (exact) mass is 1540 g/mol. The highest BCUT2D eigenvalue weighted by atomic mass is 31.2. The van der Waals surface area contributed by atoms with Gasteiger partial charge in [0.2, 0.25) is 0 Å². The number of allylic oxidation sites excluding steroid dienone is 37. The molecule has 0 aromatic heterocycles. The molecule has 0 spiro atoms. The number of aliphatic hydroxyl groups is 1. The maximum Gasteiger partial charge on any atom is 0.472 e. The third-order valence-electron chi connectivity index (χ3n) is 15.2. The lowest BCUT2D eigenvalue weighted by atomic mass is 10.1. The van der Waals surface area contributed by atoms with Crippen molar-refractivity contribution in [1.29, 1.82) is 0 Å². The summed E-state index contributed by atoms with van der Waals surface area (Å²) in [4.78, 5) is 73.0. The average Bonchev–Trinajstić information content (AvgIpc) is 0.923. The van der Waals surface area contributed by atoms with Crippen molar-refractivity contribution in [1.82, 2.24) is 0 Å². The van der Waals surface area contributed by atoms with Crippen LogP contribution >= 0.6 is 15.6 Å². The molecule has 0 aliphatic rings. The van der Waals surface area contributed by atoms with Gasteiger partial charge < -0.3 is 33.8 Å². The number of carbonyl (C=O) groups excluding carboxylic acids is 4. The largest absolute Gasteiger partial charge is 0.472 e. The highest BCUT2D eigenvalue weighted by Crippen LogP contribution is 2.45.